The highest BCUT2D eigenvalue weighted by atomic mass is 35.5. The zero-order valence-corrected chi connectivity index (χ0v) is 11.8. The topological polar surface area (TPSA) is 38.0 Å². The molecule has 104 valence electrons. The van der Waals surface area contributed by atoms with Gasteiger partial charge in [0.15, 0.2) is 0 Å². The SMILES string of the molecule is Cc1c(Cl)cnn1Cc1ccc(F)c(C#CCCO)c1. The van der Waals surface area contributed by atoms with E-state index in [0.717, 1.165) is 11.3 Å². The zero-order valence-electron chi connectivity index (χ0n) is 11.0. The lowest BCUT2D eigenvalue weighted by Gasteiger charge is -2.06. The lowest BCUT2D eigenvalue weighted by atomic mass is 10.1. The number of aliphatic hydroxyl groups is 1. The largest absolute Gasteiger partial charge is 0.395 e. The fraction of sp³-hybridized carbons (Fsp3) is 0.267. The van der Waals surface area contributed by atoms with Crippen LogP contribution in [0.4, 0.5) is 4.39 Å². The van der Waals surface area contributed by atoms with Crippen molar-refractivity contribution in [1.82, 2.24) is 9.78 Å². The summed E-state index contributed by atoms with van der Waals surface area (Å²) in [4.78, 5) is 0. The van der Waals surface area contributed by atoms with Gasteiger partial charge in [0.1, 0.15) is 5.82 Å². The number of halogens is 2. The first-order valence-corrected chi connectivity index (χ1v) is 6.55. The van der Waals surface area contributed by atoms with Crippen LogP contribution in [0.15, 0.2) is 24.4 Å². The third-order valence-electron chi connectivity index (χ3n) is 2.87. The minimum absolute atomic E-state index is 0.0285. The van der Waals surface area contributed by atoms with Gasteiger partial charge in [0.25, 0.3) is 0 Å². The van der Waals surface area contributed by atoms with Crippen molar-refractivity contribution >= 4 is 11.6 Å². The Labute approximate surface area is 122 Å². The van der Waals surface area contributed by atoms with Crippen LogP contribution in [0, 0.1) is 24.6 Å². The van der Waals surface area contributed by atoms with Gasteiger partial charge in [0.2, 0.25) is 0 Å². The Hall–Kier alpha value is -1.83. The van der Waals surface area contributed by atoms with E-state index in [1.165, 1.54) is 6.07 Å². The number of hydrogen-bond donors (Lipinski definition) is 1. The van der Waals surface area contributed by atoms with Crippen LogP contribution in [0.2, 0.25) is 5.02 Å². The molecule has 0 bridgehead atoms. The second kappa shape index (κ2) is 6.56. The van der Waals surface area contributed by atoms with Crippen LogP contribution in [0.5, 0.6) is 0 Å². The Morgan fingerprint density at radius 1 is 1.45 bits per heavy atom. The number of aliphatic hydroxyl groups excluding tert-OH is 1. The van der Waals surface area contributed by atoms with Gasteiger partial charge in [-0.05, 0) is 24.6 Å². The summed E-state index contributed by atoms with van der Waals surface area (Å²) < 4.78 is 15.4. The second-order valence-electron chi connectivity index (χ2n) is 4.33. The summed E-state index contributed by atoms with van der Waals surface area (Å²) in [5.41, 5.74) is 2.08. The molecule has 0 aliphatic carbocycles. The summed E-state index contributed by atoms with van der Waals surface area (Å²) in [5, 5.41) is 13.4. The van der Waals surface area contributed by atoms with E-state index in [-0.39, 0.29) is 12.4 Å². The Bertz CT molecular complexity index is 670. The van der Waals surface area contributed by atoms with Crippen LogP contribution in [-0.2, 0) is 6.54 Å². The van der Waals surface area contributed by atoms with Crippen LogP contribution in [0.25, 0.3) is 0 Å². The van der Waals surface area contributed by atoms with Gasteiger partial charge in [0, 0.05) is 6.42 Å². The maximum Gasteiger partial charge on any atom is 0.138 e. The Kier molecular flexibility index (Phi) is 4.78. The predicted octanol–water partition coefficient (Wildman–Crippen LogP) is 2.77. The van der Waals surface area contributed by atoms with Crippen LogP contribution >= 0.6 is 11.6 Å². The van der Waals surface area contributed by atoms with Crippen LogP contribution in [-0.4, -0.2) is 21.5 Å². The third kappa shape index (κ3) is 3.38. The summed E-state index contributed by atoms with van der Waals surface area (Å²) in [6, 6.07) is 4.77. The average molecular weight is 293 g/mol. The minimum Gasteiger partial charge on any atom is -0.395 e. The van der Waals surface area contributed by atoms with Gasteiger partial charge in [-0.15, -0.1) is 0 Å². The molecule has 0 amide bonds. The molecule has 0 aliphatic heterocycles. The Morgan fingerprint density at radius 2 is 2.25 bits per heavy atom. The fourth-order valence-electron chi connectivity index (χ4n) is 1.74. The highest BCUT2D eigenvalue weighted by Gasteiger charge is 2.06. The van der Waals surface area contributed by atoms with Crippen molar-refractivity contribution < 1.29 is 9.50 Å². The number of hydrogen-bond acceptors (Lipinski definition) is 2. The molecule has 1 heterocycles. The van der Waals surface area contributed by atoms with E-state index in [9.17, 15) is 4.39 Å². The standard InChI is InChI=1S/C15H14ClFN2O/c1-11-14(16)9-18-19(11)10-12-5-6-15(17)13(8-12)4-2-3-7-20/h5-6,8-9,20H,3,7,10H2,1H3. The molecule has 0 saturated heterocycles. The molecule has 1 N–H and O–H groups in total. The van der Waals surface area contributed by atoms with E-state index in [1.54, 1.807) is 23.0 Å². The zero-order chi connectivity index (χ0) is 14.5. The fourth-order valence-corrected chi connectivity index (χ4v) is 1.88. The van der Waals surface area contributed by atoms with Gasteiger partial charge < -0.3 is 5.11 Å². The molecule has 5 heteroatoms. The van der Waals surface area contributed by atoms with Crippen molar-refractivity contribution in [3.8, 4) is 11.8 Å². The summed E-state index contributed by atoms with van der Waals surface area (Å²) >= 11 is 5.95. The monoisotopic (exact) mass is 292 g/mol. The van der Waals surface area contributed by atoms with E-state index in [0.29, 0.717) is 23.6 Å². The van der Waals surface area contributed by atoms with Gasteiger partial charge in [-0.1, -0.05) is 29.5 Å². The van der Waals surface area contributed by atoms with E-state index in [1.807, 2.05) is 6.92 Å². The van der Waals surface area contributed by atoms with E-state index in [2.05, 4.69) is 16.9 Å². The number of nitrogens with zero attached hydrogens (tertiary/aromatic N) is 2. The van der Waals surface area contributed by atoms with E-state index in [4.69, 9.17) is 16.7 Å². The molecule has 0 aliphatic rings. The van der Waals surface area contributed by atoms with Crippen LogP contribution in [0.3, 0.4) is 0 Å². The van der Waals surface area contributed by atoms with E-state index < -0.39 is 0 Å². The molecule has 0 saturated carbocycles. The molecule has 1 aromatic carbocycles. The highest BCUT2D eigenvalue weighted by Crippen LogP contribution is 2.16. The number of aromatic nitrogens is 2. The normalized spacial score (nSPS) is 10.2. The Balaban J connectivity index is 2.24. The van der Waals surface area contributed by atoms with Crippen molar-refractivity contribution in [3.63, 3.8) is 0 Å². The van der Waals surface area contributed by atoms with Crippen molar-refractivity contribution in [2.75, 3.05) is 6.61 Å². The van der Waals surface area contributed by atoms with Gasteiger partial charge in [-0.3, -0.25) is 4.68 Å². The van der Waals surface area contributed by atoms with Crippen LogP contribution in [0.1, 0.15) is 23.2 Å². The Morgan fingerprint density at radius 3 is 2.90 bits per heavy atom. The number of benzene rings is 1. The molecule has 0 unspecified atom stereocenters. The van der Waals surface area contributed by atoms with Gasteiger partial charge in [0.05, 0.1) is 35.6 Å². The first kappa shape index (κ1) is 14.6. The molecule has 2 aromatic rings. The second-order valence-corrected chi connectivity index (χ2v) is 4.73. The highest BCUT2D eigenvalue weighted by molar-refractivity contribution is 6.31. The van der Waals surface area contributed by atoms with Gasteiger partial charge in [-0.2, -0.15) is 5.10 Å². The molecule has 1 aromatic heterocycles. The lowest BCUT2D eigenvalue weighted by Crippen LogP contribution is -2.04. The molecule has 0 radical (unpaired) electrons. The first-order valence-electron chi connectivity index (χ1n) is 6.18. The summed E-state index contributed by atoms with van der Waals surface area (Å²) in [5.74, 6) is 5.07. The van der Waals surface area contributed by atoms with Crippen molar-refractivity contribution in [2.45, 2.75) is 19.9 Å². The maximum absolute atomic E-state index is 13.6. The molecular weight excluding hydrogens is 279 g/mol. The summed E-state index contributed by atoms with van der Waals surface area (Å²) in [7, 11) is 0. The molecule has 0 spiro atoms. The van der Waals surface area contributed by atoms with Crippen molar-refractivity contribution in [1.29, 1.82) is 0 Å². The molecule has 0 fully saturated rings. The molecule has 2 rings (SSSR count). The molecule has 3 nitrogen and oxygen atoms in total. The lowest BCUT2D eigenvalue weighted by molar-refractivity contribution is 0.305. The van der Waals surface area contributed by atoms with Crippen molar-refractivity contribution in [3.05, 3.63) is 52.1 Å². The third-order valence-corrected chi connectivity index (χ3v) is 3.24. The number of rotatable bonds is 3. The predicted molar refractivity (Wildman–Crippen MR) is 76.1 cm³/mol. The van der Waals surface area contributed by atoms with Crippen LogP contribution < -0.4 is 0 Å². The summed E-state index contributed by atoms with van der Waals surface area (Å²) in [6.07, 6.45) is 1.92. The molecule has 20 heavy (non-hydrogen) atoms. The minimum atomic E-state index is -0.366. The van der Waals surface area contributed by atoms with Gasteiger partial charge in [-0.25, -0.2) is 4.39 Å². The molecule has 0 atom stereocenters. The average Bonchev–Trinajstić information content (AvgIpc) is 2.74. The smallest absolute Gasteiger partial charge is 0.138 e. The first-order chi connectivity index (χ1) is 9.61. The maximum atomic E-state index is 13.6. The molecular formula is C15H14ClFN2O. The van der Waals surface area contributed by atoms with Crippen molar-refractivity contribution in [2.24, 2.45) is 0 Å². The van der Waals surface area contributed by atoms with Gasteiger partial charge >= 0.3 is 0 Å². The quantitative estimate of drug-likeness (QED) is 0.884. The van der Waals surface area contributed by atoms with E-state index >= 15 is 0 Å². The summed E-state index contributed by atoms with van der Waals surface area (Å²) in [6.45, 7) is 2.35.